The highest BCUT2D eigenvalue weighted by atomic mass is 14.1. The van der Waals surface area contributed by atoms with Gasteiger partial charge in [0.2, 0.25) is 0 Å². The van der Waals surface area contributed by atoms with Gasteiger partial charge in [0.05, 0.1) is 0 Å². The zero-order chi connectivity index (χ0) is 10.8. The van der Waals surface area contributed by atoms with E-state index in [4.69, 9.17) is 0 Å². The molecule has 0 N–H and O–H groups in total. The van der Waals surface area contributed by atoms with Crippen LogP contribution in [0.5, 0.6) is 0 Å². The van der Waals surface area contributed by atoms with E-state index in [-0.39, 0.29) is 0 Å². The van der Waals surface area contributed by atoms with Crippen molar-refractivity contribution in [2.75, 3.05) is 0 Å². The molecule has 0 saturated carbocycles. The Labute approximate surface area is 97.7 Å². The summed E-state index contributed by atoms with van der Waals surface area (Å²) in [5, 5.41) is 0. The summed E-state index contributed by atoms with van der Waals surface area (Å²) in [6.07, 6.45) is 12.2. The lowest BCUT2D eigenvalue weighted by Gasteiger charge is -2.16. The number of aryl methyl sites for hydroxylation is 2. The minimum atomic E-state index is 1.20. The van der Waals surface area contributed by atoms with Crippen LogP contribution in [0.25, 0.3) is 0 Å². The molecule has 0 atom stereocenters. The fourth-order valence-corrected chi connectivity index (χ4v) is 2.62. The predicted octanol–water partition coefficient (Wildman–Crippen LogP) is 4.21. The van der Waals surface area contributed by atoms with Gasteiger partial charge in [-0.1, -0.05) is 47.6 Å². The Bertz CT molecular complexity index is 389. The molecule has 0 spiro atoms. The van der Waals surface area contributed by atoms with E-state index < -0.39 is 0 Å². The lowest BCUT2D eigenvalue weighted by molar-refractivity contribution is 0.770. The van der Waals surface area contributed by atoms with Crippen molar-refractivity contribution in [3.63, 3.8) is 0 Å². The molecular formula is C16H18. The first-order valence-corrected chi connectivity index (χ1v) is 6.35. The highest BCUT2D eigenvalue weighted by molar-refractivity contribution is 5.29. The van der Waals surface area contributed by atoms with Gasteiger partial charge in [0, 0.05) is 0 Å². The van der Waals surface area contributed by atoms with E-state index in [0.29, 0.717) is 0 Å². The van der Waals surface area contributed by atoms with Gasteiger partial charge in [0.15, 0.2) is 0 Å². The largest absolute Gasteiger partial charge is 0.0696 e. The van der Waals surface area contributed by atoms with Crippen LogP contribution in [0.15, 0.2) is 47.6 Å². The zero-order valence-corrected chi connectivity index (χ0v) is 9.71. The first-order valence-electron chi connectivity index (χ1n) is 6.35. The molecule has 5 aliphatic carbocycles. The third kappa shape index (κ3) is 2.11. The van der Waals surface area contributed by atoms with Crippen LogP contribution in [0, 0.1) is 0 Å². The average molecular weight is 210 g/mol. The highest BCUT2D eigenvalue weighted by Gasteiger charge is 2.08. The van der Waals surface area contributed by atoms with Crippen molar-refractivity contribution in [3.8, 4) is 0 Å². The fourth-order valence-electron chi connectivity index (χ4n) is 2.62. The Hall–Kier alpha value is -1.30. The van der Waals surface area contributed by atoms with Gasteiger partial charge >= 0.3 is 0 Å². The quantitative estimate of drug-likeness (QED) is 0.601. The maximum atomic E-state index is 2.37. The van der Waals surface area contributed by atoms with Crippen LogP contribution in [0.4, 0.5) is 0 Å². The van der Waals surface area contributed by atoms with Gasteiger partial charge in [-0.3, -0.25) is 0 Å². The Morgan fingerprint density at radius 2 is 0.875 bits per heavy atom. The minimum absolute atomic E-state index is 1.20. The number of benzene rings is 1. The van der Waals surface area contributed by atoms with E-state index in [2.05, 4.69) is 36.4 Å². The number of hydrogen-bond acceptors (Lipinski definition) is 0. The third-order valence-electron chi connectivity index (χ3n) is 3.81. The summed E-state index contributed by atoms with van der Waals surface area (Å²) in [7, 11) is 0. The van der Waals surface area contributed by atoms with E-state index >= 15 is 0 Å². The van der Waals surface area contributed by atoms with Crippen LogP contribution in [0.2, 0.25) is 0 Å². The molecule has 0 radical (unpaired) electrons. The van der Waals surface area contributed by atoms with Crippen LogP contribution in [0.3, 0.4) is 0 Å². The van der Waals surface area contributed by atoms with Gasteiger partial charge in [-0.15, -0.1) is 0 Å². The number of allylic oxidation sites excluding steroid dienone is 4. The van der Waals surface area contributed by atoms with Crippen LogP contribution >= 0.6 is 0 Å². The number of rotatable bonds is 0. The Morgan fingerprint density at radius 1 is 0.500 bits per heavy atom. The summed E-state index contributed by atoms with van der Waals surface area (Å²) in [5.41, 5.74) is 6.24. The van der Waals surface area contributed by atoms with Crippen molar-refractivity contribution in [3.05, 3.63) is 58.7 Å². The Balaban J connectivity index is 1.91. The SMILES string of the molecule is C1=C2CCC(=C1)CCc1ccc(cc1)CC2. The van der Waals surface area contributed by atoms with E-state index in [1.807, 2.05) is 0 Å². The zero-order valence-electron chi connectivity index (χ0n) is 9.71. The highest BCUT2D eigenvalue weighted by Crippen LogP contribution is 2.26. The van der Waals surface area contributed by atoms with Gasteiger partial charge in [-0.05, 0) is 49.7 Å². The van der Waals surface area contributed by atoms with Crippen molar-refractivity contribution < 1.29 is 0 Å². The van der Waals surface area contributed by atoms with Gasteiger partial charge in [0.25, 0.3) is 0 Å². The molecule has 4 bridgehead atoms. The molecule has 0 aliphatic heterocycles. The molecule has 0 heterocycles. The van der Waals surface area contributed by atoms with E-state index in [1.54, 1.807) is 11.1 Å². The van der Waals surface area contributed by atoms with Crippen LogP contribution < -0.4 is 0 Å². The molecular weight excluding hydrogens is 192 g/mol. The molecule has 1 aromatic carbocycles. The number of hydrogen-bond donors (Lipinski definition) is 0. The summed E-state index contributed by atoms with van der Waals surface area (Å²) in [5.74, 6) is 0. The fraction of sp³-hybridized carbons (Fsp3) is 0.375. The van der Waals surface area contributed by atoms with Crippen molar-refractivity contribution in [2.24, 2.45) is 0 Å². The van der Waals surface area contributed by atoms with Gasteiger partial charge < -0.3 is 0 Å². The normalized spacial score (nSPS) is 19.8. The van der Waals surface area contributed by atoms with Crippen molar-refractivity contribution >= 4 is 0 Å². The standard InChI is InChI=1S/C16H18/c1-2-14-4-3-13(1)9-10-15-5-7-16(8-6-15)12-11-14/h1-5,7H,6,8-12H2. The second-order valence-electron chi connectivity index (χ2n) is 4.97. The van der Waals surface area contributed by atoms with Crippen LogP contribution in [-0.2, 0) is 12.8 Å². The molecule has 0 aromatic heterocycles. The second kappa shape index (κ2) is 4.29. The first-order chi connectivity index (χ1) is 7.90. The topological polar surface area (TPSA) is 0 Å². The monoisotopic (exact) mass is 210 g/mol. The minimum Gasteiger partial charge on any atom is -0.0696 e. The molecule has 0 heteroatoms. The third-order valence-corrected chi connectivity index (χ3v) is 3.81. The molecule has 5 aliphatic rings. The van der Waals surface area contributed by atoms with E-state index in [1.165, 1.54) is 49.7 Å². The summed E-state index contributed by atoms with van der Waals surface area (Å²) >= 11 is 0. The van der Waals surface area contributed by atoms with Crippen LogP contribution in [-0.4, -0.2) is 0 Å². The smallest absolute Gasteiger partial charge is 0.0241 e. The molecule has 16 heavy (non-hydrogen) atoms. The lowest BCUT2D eigenvalue weighted by Crippen LogP contribution is -1.99. The molecule has 82 valence electrons. The molecule has 0 saturated heterocycles. The van der Waals surface area contributed by atoms with E-state index in [9.17, 15) is 0 Å². The van der Waals surface area contributed by atoms with Gasteiger partial charge in [0.1, 0.15) is 0 Å². The van der Waals surface area contributed by atoms with Crippen molar-refractivity contribution in [2.45, 2.75) is 38.5 Å². The van der Waals surface area contributed by atoms with Crippen molar-refractivity contribution in [1.82, 2.24) is 0 Å². The summed E-state index contributed by atoms with van der Waals surface area (Å²) in [6, 6.07) is 9.22. The van der Waals surface area contributed by atoms with Crippen LogP contribution in [0.1, 0.15) is 36.8 Å². The molecule has 0 nitrogen and oxygen atoms in total. The Morgan fingerprint density at radius 3 is 1.25 bits per heavy atom. The van der Waals surface area contributed by atoms with Gasteiger partial charge in [-0.2, -0.15) is 0 Å². The molecule has 0 amide bonds. The van der Waals surface area contributed by atoms with Crippen molar-refractivity contribution in [1.29, 1.82) is 0 Å². The van der Waals surface area contributed by atoms with Gasteiger partial charge in [-0.25, -0.2) is 0 Å². The Kier molecular flexibility index (Phi) is 2.65. The second-order valence-corrected chi connectivity index (χ2v) is 4.97. The average Bonchev–Trinajstić information content (AvgIpc) is 2.33. The van der Waals surface area contributed by atoms with E-state index in [0.717, 1.165) is 0 Å². The lowest BCUT2D eigenvalue weighted by atomic mass is 9.89. The maximum Gasteiger partial charge on any atom is -0.0241 e. The predicted molar refractivity (Wildman–Crippen MR) is 68.5 cm³/mol. The first kappa shape index (κ1) is 9.89. The molecule has 6 rings (SSSR count). The molecule has 0 fully saturated rings. The summed E-state index contributed by atoms with van der Waals surface area (Å²) < 4.78 is 0. The molecule has 1 aromatic rings. The molecule has 0 unspecified atom stereocenters. The maximum absolute atomic E-state index is 2.37. The summed E-state index contributed by atoms with van der Waals surface area (Å²) in [4.78, 5) is 0. The summed E-state index contributed by atoms with van der Waals surface area (Å²) in [6.45, 7) is 0.